The molecule has 3 N–H and O–H groups in total. The van der Waals surface area contributed by atoms with Crippen LogP contribution in [0.3, 0.4) is 0 Å². The van der Waals surface area contributed by atoms with Crippen molar-refractivity contribution in [2.45, 2.75) is 50.7 Å². The molecule has 40 heavy (non-hydrogen) atoms. The first kappa shape index (κ1) is 26.2. The minimum Gasteiger partial charge on any atom is -0.465 e. The molecule has 1 saturated heterocycles. The lowest BCUT2D eigenvalue weighted by Crippen LogP contribution is -2.56. The monoisotopic (exact) mass is 606 g/mol. The molecule has 4 aromatic rings. The summed E-state index contributed by atoms with van der Waals surface area (Å²) in [5.74, 6) is -0.743. The average molecular weight is 607 g/mol. The van der Waals surface area contributed by atoms with E-state index in [1.165, 1.54) is 11.0 Å². The number of halogens is 2. The number of aryl methyl sites for hydroxylation is 1. The number of nitrogens with one attached hydrogen (secondary N) is 2. The van der Waals surface area contributed by atoms with Gasteiger partial charge in [-0.15, -0.1) is 0 Å². The molecular formula is C29H28BrFN6O3. The number of urea groups is 1. The van der Waals surface area contributed by atoms with E-state index in [0.29, 0.717) is 29.4 Å². The number of amides is 3. The van der Waals surface area contributed by atoms with Crippen LogP contribution in [0.4, 0.5) is 19.7 Å². The summed E-state index contributed by atoms with van der Waals surface area (Å²) in [4.78, 5) is 33.6. The van der Waals surface area contributed by atoms with Crippen LogP contribution in [0.5, 0.6) is 0 Å². The number of aromatic nitrogens is 3. The lowest BCUT2D eigenvalue weighted by atomic mass is 9.81. The summed E-state index contributed by atoms with van der Waals surface area (Å²) in [7, 11) is 0. The minimum atomic E-state index is -1.000. The van der Waals surface area contributed by atoms with E-state index in [1.54, 1.807) is 23.2 Å². The van der Waals surface area contributed by atoms with Crippen LogP contribution in [0.2, 0.25) is 0 Å². The van der Waals surface area contributed by atoms with Gasteiger partial charge in [0.05, 0.1) is 17.4 Å². The summed E-state index contributed by atoms with van der Waals surface area (Å²) >= 11 is 3.48. The van der Waals surface area contributed by atoms with Crippen molar-refractivity contribution in [2.75, 3.05) is 11.9 Å². The van der Waals surface area contributed by atoms with E-state index in [-0.39, 0.29) is 36.8 Å². The third-order valence-corrected chi connectivity index (χ3v) is 8.52. The molecular weight excluding hydrogens is 579 g/mol. The maximum Gasteiger partial charge on any atom is 0.407 e. The number of rotatable bonds is 5. The molecule has 2 aromatic heterocycles. The third kappa shape index (κ3) is 4.90. The summed E-state index contributed by atoms with van der Waals surface area (Å²) < 4.78 is 15.0. The smallest absolute Gasteiger partial charge is 0.407 e. The molecule has 3 atom stereocenters. The van der Waals surface area contributed by atoms with Crippen LogP contribution in [-0.2, 0) is 13.0 Å². The Hall–Kier alpha value is -3.99. The Balaban J connectivity index is 1.36. The standard InChI is InChI=1S/C29H28BrFN6O3/c1-16-10-17(11-19-14-32-35-26(16)19)12-21(23-6-3-7-25(30)33-23)24-13-20(8-9-36(24)29(39)40)37-15-18-4-2-5-22(31)27(18)34-28(37)38/h2-7,10-11,14,20-21,24H,8-9,12-13,15H2,1H3,(H,32,35)(H,34,38)(H,39,40). The van der Waals surface area contributed by atoms with Gasteiger partial charge in [0.25, 0.3) is 0 Å². The number of anilines is 1. The van der Waals surface area contributed by atoms with Crippen molar-refractivity contribution >= 4 is 44.6 Å². The summed E-state index contributed by atoms with van der Waals surface area (Å²) in [6.45, 7) is 2.56. The maximum atomic E-state index is 14.3. The summed E-state index contributed by atoms with van der Waals surface area (Å²) in [6.07, 6.45) is 2.25. The van der Waals surface area contributed by atoms with Crippen molar-refractivity contribution in [3.63, 3.8) is 0 Å². The number of aromatic amines is 1. The molecule has 4 heterocycles. The number of H-pyrrole nitrogens is 1. The van der Waals surface area contributed by atoms with E-state index in [9.17, 15) is 19.1 Å². The fourth-order valence-corrected chi connectivity index (χ4v) is 6.56. The number of fused-ring (bicyclic) bond motifs is 2. The van der Waals surface area contributed by atoms with Crippen molar-refractivity contribution < 1.29 is 19.1 Å². The van der Waals surface area contributed by atoms with Crippen molar-refractivity contribution in [1.29, 1.82) is 0 Å². The third-order valence-electron chi connectivity index (χ3n) is 8.08. The molecule has 0 radical (unpaired) electrons. The fourth-order valence-electron chi connectivity index (χ4n) is 6.20. The molecule has 0 saturated carbocycles. The van der Waals surface area contributed by atoms with Crippen molar-refractivity contribution in [3.8, 4) is 0 Å². The number of pyridine rings is 1. The molecule has 2 aromatic carbocycles. The number of para-hydroxylation sites is 1. The lowest BCUT2D eigenvalue weighted by molar-refractivity contribution is 0.0603. The molecule has 206 valence electrons. The highest BCUT2D eigenvalue weighted by atomic mass is 79.9. The average Bonchev–Trinajstić information content (AvgIpc) is 3.41. The van der Waals surface area contributed by atoms with Crippen LogP contribution in [0.1, 0.15) is 41.1 Å². The molecule has 3 amide bonds. The van der Waals surface area contributed by atoms with Gasteiger partial charge in [-0.1, -0.05) is 24.3 Å². The second-order valence-corrected chi connectivity index (χ2v) is 11.3. The molecule has 0 aliphatic carbocycles. The first-order valence-corrected chi connectivity index (χ1v) is 14.0. The Bertz CT molecular complexity index is 1610. The first-order chi connectivity index (χ1) is 19.3. The van der Waals surface area contributed by atoms with Gasteiger partial charge in [0, 0.05) is 42.2 Å². The predicted octanol–water partition coefficient (Wildman–Crippen LogP) is 6.05. The van der Waals surface area contributed by atoms with E-state index in [1.807, 2.05) is 25.1 Å². The van der Waals surface area contributed by atoms with Crippen LogP contribution in [-0.4, -0.2) is 60.8 Å². The van der Waals surface area contributed by atoms with E-state index < -0.39 is 18.0 Å². The predicted molar refractivity (Wildman–Crippen MR) is 152 cm³/mol. The Morgan fingerprint density at radius 3 is 2.88 bits per heavy atom. The molecule has 0 spiro atoms. The van der Waals surface area contributed by atoms with Gasteiger partial charge in [0.2, 0.25) is 0 Å². The molecule has 1 fully saturated rings. The number of nitrogens with zero attached hydrogens (tertiary/aromatic N) is 4. The van der Waals surface area contributed by atoms with E-state index >= 15 is 0 Å². The van der Waals surface area contributed by atoms with Gasteiger partial charge in [0.1, 0.15) is 10.4 Å². The van der Waals surface area contributed by atoms with Crippen LogP contribution >= 0.6 is 15.9 Å². The van der Waals surface area contributed by atoms with Gasteiger partial charge in [-0.25, -0.2) is 19.0 Å². The zero-order valence-corrected chi connectivity index (χ0v) is 23.4. The number of piperidine rings is 1. The Morgan fingerprint density at radius 1 is 1.25 bits per heavy atom. The topological polar surface area (TPSA) is 114 Å². The van der Waals surface area contributed by atoms with E-state index in [2.05, 4.69) is 43.6 Å². The number of hydrogen-bond acceptors (Lipinski definition) is 4. The number of carboxylic acid groups (broad SMARTS) is 1. The van der Waals surface area contributed by atoms with Gasteiger partial charge in [-0.05, 0) is 83.1 Å². The van der Waals surface area contributed by atoms with Crippen LogP contribution < -0.4 is 5.32 Å². The van der Waals surface area contributed by atoms with Gasteiger partial charge in [0.15, 0.2) is 0 Å². The summed E-state index contributed by atoms with van der Waals surface area (Å²) in [5.41, 5.74) is 4.75. The Morgan fingerprint density at radius 2 is 2.08 bits per heavy atom. The SMILES string of the molecule is Cc1cc(CC(c2cccc(Br)n2)C2CC(N3Cc4cccc(F)c4NC3=O)CCN2C(=O)O)cc2cn[nH]c12. The summed E-state index contributed by atoms with van der Waals surface area (Å²) in [6, 6.07) is 13.6. The highest BCUT2D eigenvalue weighted by molar-refractivity contribution is 9.10. The van der Waals surface area contributed by atoms with E-state index in [4.69, 9.17) is 4.98 Å². The van der Waals surface area contributed by atoms with E-state index in [0.717, 1.165) is 27.7 Å². The molecule has 11 heteroatoms. The molecule has 9 nitrogen and oxygen atoms in total. The minimum absolute atomic E-state index is 0.212. The van der Waals surface area contributed by atoms with Crippen LogP contribution in [0.15, 0.2) is 59.3 Å². The second kappa shape index (κ2) is 10.5. The maximum absolute atomic E-state index is 14.3. The molecule has 3 unspecified atom stereocenters. The number of carbonyl (C=O) groups excluding carboxylic acids is 1. The van der Waals surface area contributed by atoms with Gasteiger partial charge in [-0.3, -0.25) is 5.10 Å². The quantitative estimate of drug-likeness (QED) is 0.239. The Labute approximate surface area is 238 Å². The van der Waals surface area contributed by atoms with Crippen molar-refractivity contribution in [3.05, 3.63) is 87.5 Å². The van der Waals surface area contributed by atoms with Gasteiger partial charge >= 0.3 is 12.1 Å². The zero-order chi connectivity index (χ0) is 28.0. The van der Waals surface area contributed by atoms with Crippen molar-refractivity contribution in [1.82, 2.24) is 25.0 Å². The normalized spacial score (nSPS) is 19.8. The molecule has 6 rings (SSSR count). The zero-order valence-electron chi connectivity index (χ0n) is 21.8. The van der Waals surface area contributed by atoms with Gasteiger partial charge < -0.3 is 20.2 Å². The Kier molecular flexibility index (Phi) is 6.91. The highest BCUT2D eigenvalue weighted by Crippen LogP contribution is 2.37. The number of likely N-dealkylation sites (tertiary alicyclic amines) is 1. The summed E-state index contributed by atoms with van der Waals surface area (Å²) in [5, 5.41) is 21.1. The van der Waals surface area contributed by atoms with Crippen LogP contribution in [0, 0.1) is 12.7 Å². The fraction of sp³-hybridized carbons (Fsp3) is 0.310. The number of carbonyl (C=O) groups is 2. The number of benzene rings is 2. The largest absolute Gasteiger partial charge is 0.465 e. The van der Waals surface area contributed by atoms with Crippen LogP contribution in [0.25, 0.3) is 10.9 Å². The first-order valence-electron chi connectivity index (χ1n) is 13.2. The molecule has 2 aliphatic heterocycles. The second-order valence-electron chi connectivity index (χ2n) is 10.5. The number of hydrogen-bond donors (Lipinski definition) is 3. The van der Waals surface area contributed by atoms with Crippen molar-refractivity contribution in [2.24, 2.45) is 0 Å². The lowest BCUT2D eigenvalue weighted by Gasteiger charge is -2.46. The molecule has 0 bridgehead atoms. The highest BCUT2D eigenvalue weighted by Gasteiger charge is 2.42. The van der Waals surface area contributed by atoms with Gasteiger partial charge in [-0.2, -0.15) is 5.10 Å². The molecule has 2 aliphatic rings.